The third-order valence-corrected chi connectivity index (χ3v) is 7.21. The van der Waals surface area contributed by atoms with E-state index in [1.807, 2.05) is 30.3 Å². The molecule has 0 saturated heterocycles. The molecule has 0 radical (unpaired) electrons. The molecule has 4 aromatic rings. The molecular formula is C30H25N3O6S. The maximum absolute atomic E-state index is 13.9. The number of ether oxygens (including phenoxy) is 2. The number of allylic oxidation sites excluding steroid dienone is 1. The van der Waals surface area contributed by atoms with E-state index in [4.69, 9.17) is 14.6 Å². The Morgan fingerprint density at radius 3 is 2.55 bits per heavy atom. The van der Waals surface area contributed by atoms with Crippen molar-refractivity contribution >= 4 is 35.0 Å². The van der Waals surface area contributed by atoms with Crippen molar-refractivity contribution in [2.75, 3.05) is 19.0 Å². The summed E-state index contributed by atoms with van der Waals surface area (Å²) in [6.45, 7) is 1.28. The fraction of sp³-hybridized carbons (Fsp3) is 0.133. The zero-order valence-electron chi connectivity index (χ0n) is 21.7. The Balaban J connectivity index is 1.63. The van der Waals surface area contributed by atoms with E-state index in [9.17, 15) is 14.4 Å². The predicted molar refractivity (Wildman–Crippen MR) is 151 cm³/mol. The third kappa shape index (κ3) is 5.57. The fourth-order valence-electron chi connectivity index (χ4n) is 4.45. The average Bonchev–Trinajstić information content (AvgIpc) is 3.25. The summed E-state index contributed by atoms with van der Waals surface area (Å²) in [6, 6.07) is 22.4. The third-order valence-electron chi connectivity index (χ3n) is 6.23. The summed E-state index contributed by atoms with van der Waals surface area (Å²) in [6.07, 6.45) is 1.70. The van der Waals surface area contributed by atoms with Gasteiger partial charge in [0.05, 0.1) is 29.0 Å². The van der Waals surface area contributed by atoms with Crippen molar-refractivity contribution in [2.45, 2.75) is 13.0 Å². The molecule has 0 bridgehead atoms. The van der Waals surface area contributed by atoms with Crippen LogP contribution in [0.1, 0.15) is 24.1 Å². The number of carbonyl (C=O) groups excluding carboxylic acids is 1. The lowest BCUT2D eigenvalue weighted by molar-refractivity contribution is -0.139. The number of hydrogen-bond donors (Lipinski definition) is 2. The van der Waals surface area contributed by atoms with E-state index in [1.165, 1.54) is 15.9 Å². The molecule has 0 unspecified atom stereocenters. The summed E-state index contributed by atoms with van der Waals surface area (Å²) in [5.74, 6) is -0.485. The van der Waals surface area contributed by atoms with Gasteiger partial charge in [-0.3, -0.25) is 14.2 Å². The maximum Gasteiger partial charge on any atom is 0.341 e. The minimum Gasteiger partial charge on any atom is -0.497 e. The average molecular weight is 556 g/mol. The number of carbonyl (C=O) groups is 2. The fourth-order valence-corrected chi connectivity index (χ4v) is 5.50. The monoisotopic (exact) mass is 555 g/mol. The van der Waals surface area contributed by atoms with Gasteiger partial charge in [-0.25, -0.2) is 9.79 Å². The van der Waals surface area contributed by atoms with Crippen molar-refractivity contribution in [3.05, 3.63) is 121 Å². The van der Waals surface area contributed by atoms with Gasteiger partial charge in [-0.05, 0) is 60.5 Å². The largest absolute Gasteiger partial charge is 0.497 e. The molecule has 5 rings (SSSR count). The lowest BCUT2D eigenvalue weighted by atomic mass is 9.95. The zero-order valence-corrected chi connectivity index (χ0v) is 22.5. The molecule has 3 aromatic carbocycles. The van der Waals surface area contributed by atoms with E-state index >= 15 is 0 Å². The summed E-state index contributed by atoms with van der Waals surface area (Å²) in [5.41, 5.74) is 2.51. The summed E-state index contributed by atoms with van der Waals surface area (Å²) in [7, 11) is 1.56. The second-order valence-electron chi connectivity index (χ2n) is 8.93. The molecule has 10 heteroatoms. The van der Waals surface area contributed by atoms with Gasteiger partial charge in [0.1, 0.15) is 11.5 Å². The Hall–Kier alpha value is -4.96. The van der Waals surface area contributed by atoms with Crippen LogP contribution in [0.25, 0.3) is 6.08 Å². The van der Waals surface area contributed by atoms with Gasteiger partial charge in [0.2, 0.25) is 0 Å². The highest BCUT2D eigenvalue weighted by Crippen LogP contribution is 2.32. The first kappa shape index (κ1) is 26.6. The van der Waals surface area contributed by atoms with E-state index in [2.05, 4.69) is 10.3 Å². The summed E-state index contributed by atoms with van der Waals surface area (Å²) < 4.78 is 12.6. The van der Waals surface area contributed by atoms with Gasteiger partial charge in [0.25, 0.3) is 11.5 Å². The number of rotatable bonds is 8. The molecule has 2 heterocycles. The van der Waals surface area contributed by atoms with E-state index < -0.39 is 18.6 Å². The number of nitrogens with zero attached hydrogens (tertiary/aromatic N) is 2. The number of aliphatic carboxylic acids is 1. The molecule has 1 atom stereocenters. The number of fused-ring (bicyclic) bond motifs is 1. The van der Waals surface area contributed by atoms with Crippen LogP contribution < -0.4 is 29.7 Å². The van der Waals surface area contributed by atoms with Gasteiger partial charge < -0.3 is 19.9 Å². The molecule has 40 heavy (non-hydrogen) atoms. The number of carboxylic acids is 1. The van der Waals surface area contributed by atoms with Crippen molar-refractivity contribution < 1.29 is 24.2 Å². The number of aromatic nitrogens is 1. The number of carboxylic acid groups (broad SMARTS) is 1. The first-order chi connectivity index (χ1) is 19.3. The lowest BCUT2D eigenvalue weighted by Crippen LogP contribution is -2.40. The quantitative estimate of drug-likeness (QED) is 0.344. The van der Waals surface area contributed by atoms with Gasteiger partial charge in [-0.15, -0.1) is 0 Å². The highest BCUT2D eigenvalue weighted by atomic mass is 32.1. The van der Waals surface area contributed by atoms with Crippen molar-refractivity contribution in [2.24, 2.45) is 4.99 Å². The van der Waals surface area contributed by atoms with Gasteiger partial charge in [0.15, 0.2) is 11.4 Å². The summed E-state index contributed by atoms with van der Waals surface area (Å²) >= 11 is 1.21. The smallest absolute Gasteiger partial charge is 0.341 e. The number of anilines is 1. The van der Waals surface area contributed by atoms with Crippen LogP contribution in [0.15, 0.2) is 99.9 Å². The molecule has 1 amide bonds. The molecule has 0 fully saturated rings. The first-order valence-electron chi connectivity index (χ1n) is 12.3. The standard InChI is InChI=1S/C30H25N3O6S/c1-18-26(28(36)32-21-10-4-3-5-11-21)27(20-9-7-12-22(16-20)38-2)33-29(37)24(40-30(33)31-18)15-19-8-6-13-23(14-19)39-17-25(34)35/h3-16,27H,17H2,1-2H3,(H,32,36)(H,34,35)/b24-15+/t27-/m0/s1. The number of amides is 1. The molecule has 9 nitrogen and oxygen atoms in total. The van der Waals surface area contributed by atoms with E-state index in [1.54, 1.807) is 68.6 Å². The van der Waals surface area contributed by atoms with Gasteiger partial charge in [-0.2, -0.15) is 0 Å². The summed E-state index contributed by atoms with van der Waals surface area (Å²) in [4.78, 5) is 43.5. The Morgan fingerprint density at radius 2 is 1.80 bits per heavy atom. The van der Waals surface area contributed by atoms with Crippen LogP contribution in [0.5, 0.6) is 11.5 Å². The number of hydrogen-bond acceptors (Lipinski definition) is 7. The topological polar surface area (TPSA) is 119 Å². The molecular weight excluding hydrogens is 530 g/mol. The maximum atomic E-state index is 13.9. The molecule has 1 aliphatic heterocycles. The Bertz CT molecular complexity index is 1810. The van der Waals surface area contributed by atoms with E-state index in [0.29, 0.717) is 48.9 Å². The SMILES string of the molecule is COc1cccc([C@H]2C(C(=O)Nc3ccccc3)=C(C)N=c3s/c(=C/c4cccc(OCC(=O)O)c4)c(=O)n32)c1. The minimum atomic E-state index is -1.08. The number of para-hydroxylation sites is 1. The van der Waals surface area contributed by atoms with Crippen molar-refractivity contribution in [1.82, 2.24) is 4.57 Å². The number of thiazole rings is 1. The zero-order chi connectivity index (χ0) is 28.2. The van der Waals surface area contributed by atoms with Crippen LogP contribution in [0.3, 0.4) is 0 Å². The van der Waals surface area contributed by atoms with Gasteiger partial charge >= 0.3 is 5.97 Å². The molecule has 202 valence electrons. The van der Waals surface area contributed by atoms with Crippen LogP contribution in [0, 0.1) is 0 Å². The molecule has 0 spiro atoms. The second-order valence-corrected chi connectivity index (χ2v) is 9.94. The molecule has 0 saturated carbocycles. The highest BCUT2D eigenvalue weighted by molar-refractivity contribution is 7.07. The number of methoxy groups -OCH3 is 1. The van der Waals surface area contributed by atoms with Crippen LogP contribution in [0.4, 0.5) is 5.69 Å². The van der Waals surface area contributed by atoms with E-state index in [-0.39, 0.29) is 11.5 Å². The van der Waals surface area contributed by atoms with Crippen molar-refractivity contribution in [3.8, 4) is 11.5 Å². The molecule has 1 aromatic heterocycles. The van der Waals surface area contributed by atoms with Crippen LogP contribution >= 0.6 is 11.3 Å². The number of benzene rings is 3. The van der Waals surface area contributed by atoms with Crippen molar-refractivity contribution in [1.29, 1.82) is 0 Å². The van der Waals surface area contributed by atoms with E-state index in [0.717, 1.165) is 0 Å². The molecule has 2 N–H and O–H groups in total. The van der Waals surface area contributed by atoms with Gasteiger partial charge in [-0.1, -0.05) is 53.8 Å². The molecule has 0 aliphatic carbocycles. The minimum absolute atomic E-state index is 0.314. The normalized spacial score (nSPS) is 14.8. The van der Waals surface area contributed by atoms with Crippen LogP contribution in [-0.2, 0) is 9.59 Å². The predicted octanol–water partition coefficient (Wildman–Crippen LogP) is 3.35. The second kappa shape index (κ2) is 11.4. The Morgan fingerprint density at radius 1 is 1.05 bits per heavy atom. The Labute approximate surface area is 233 Å². The van der Waals surface area contributed by atoms with Crippen molar-refractivity contribution in [3.63, 3.8) is 0 Å². The Kier molecular flexibility index (Phi) is 7.61. The van der Waals surface area contributed by atoms with Crippen LogP contribution in [-0.4, -0.2) is 35.3 Å². The first-order valence-corrected chi connectivity index (χ1v) is 13.1. The number of nitrogens with one attached hydrogen (secondary N) is 1. The van der Waals surface area contributed by atoms with Crippen LogP contribution in [0.2, 0.25) is 0 Å². The lowest BCUT2D eigenvalue weighted by Gasteiger charge is -2.25. The highest BCUT2D eigenvalue weighted by Gasteiger charge is 2.32. The van der Waals surface area contributed by atoms with Gasteiger partial charge in [0, 0.05) is 5.69 Å². The molecule has 1 aliphatic rings. The summed E-state index contributed by atoms with van der Waals surface area (Å²) in [5, 5.41) is 11.8.